The van der Waals surface area contributed by atoms with Crippen molar-refractivity contribution in [3.05, 3.63) is 63.6 Å². The number of nitrogens with one attached hydrogen (secondary N) is 2. The molecule has 2 aromatic rings. The van der Waals surface area contributed by atoms with Crippen LogP contribution in [0.25, 0.3) is 0 Å². The summed E-state index contributed by atoms with van der Waals surface area (Å²) in [5.41, 5.74) is 5.71. The summed E-state index contributed by atoms with van der Waals surface area (Å²) >= 11 is 17.0. The maximum Gasteiger partial charge on any atom is 0.191 e. The van der Waals surface area contributed by atoms with Crippen molar-refractivity contribution in [2.24, 2.45) is 5.10 Å². The van der Waals surface area contributed by atoms with Gasteiger partial charge in [-0.1, -0.05) is 35.3 Å². The molecule has 0 fully saturated rings. The lowest BCUT2D eigenvalue weighted by atomic mass is 10.1. The van der Waals surface area contributed by atoms with Gasteiger partial charge in [0.25, 0.3) is 0 Å². The summed E-state index contributed by atoms with van der Waals surface area (Å²) in [6.45, 7) is 1.84. The number of nitriles is 1. The molecule has 0 aromatic heterocycles. The Hall–Kier alpha value is -2.13. The van der Waals surface area contributed by atoms with E-state index >= 15 is 0 Å². The molecule has 7 heteroatoms. The summed E-state index contributed by atoms with van der Waals surface area (Å²) in [4.78, 5) is 0. The molecule has 23 heavy (non-hydrogen) atoms. The van der Waals surface area contributed by atoms with Gasteiger partial charge in [-0.15, -0.1) is 0 Å². The summed E-state index contributed by atoms with van der Waals surface area (Å²) in [5.74, 6) is 0. The highest BCUT2D eigenvalue weighted by Crippen LogP contribution is 2.24. The minimum Gasteiger partial charge on any atom is -0.331 e. The molecule has 0 saturated heterocycles. The van der Waals surface area contributed by atoms with E-state index in [0.29, 0.717) is 26.4 Å². The Morgan fingerprint density at radius 1 is 1.13 bits per heavy atom. The molecule has 0 heterocycles. The molecular weight excluding hydrogens is 351 g/mol. The smallest absolute Gasteiger partial charge is 0.191 e. The zero-order chi connectivity index (χ0) is 16.8. The normalized spacial score (nSPS) is 10.8. The highest BCUT2D eigenvalue weighted by Gasteiger charge is 2.02. The molecule has 2 aromatic carbocycles. The number of halogens is 2. The fourth-order valence-corrected chi connectivity index (χ4v) is 2.18. The maximum atomic E-state index is 8.78. The number of benzene rings is 2. The standard InChI is InChI=1S/C16H12Cl2N4S/c1-10(12-4-2-11(9-19)3-5-12)21-22-16(23)20-13-6-7-14(17)15(18)8-13/h2-8H,1H3,(H2,20,22,23)/b21-10-. The van der Waals surface area contributed by atoms with Crippen molar-refractivity contribution in [3.63, 3.8) is 0 Å². The Kier molecular flexibility index (Phi) is 5.94. The van der Waals surface area contributed by atoms with E-state index in [9.17, 15) is 0 Å². The Morgan fingerprint density at radius 3 is 2.43 bits per heavy atom. The van der Waals surface area contributed by atoms with Crippen molar-refractivity contribution >= 4 is 51.9 Å². The van der Waals surface area contributed by atoms with E-state index in [1.165, 1.54) is 0 Å². The first-order chi connectivity index (χ1) is 11.0. The molecule has 0 atom stereocenters. The van der Waals surface area contributed by atoms with E-state index < -0.39 is 0 Å². The van der Waals surface area contributed by atoms with Gasteiger partial charge in [0.05, 0.1) is 27.4 Å². The Bertz CT molecular complexity index is 795. The second-order valence-corrected chi connectivity index (χ2v) is 5.80. The lowest BCUT2D eigenvalue weighted by molar-refractivity contribution is 1.04. The summed E-state index contributed by atoms with van der Waals surface area (Å²) < 4.78 is 0. The lowest BCUT2D eigenvalue weighted by Crippen LogP contribution is -2.24. The first kappa shape index (κ1) is 17.2. The quantitative estimate of drug-likeness (QED) is 0.476. The van der Waals surface area contributed by atoms with Gasteiger partial charge in [0.15, 0.2) is 5.11 Å². The largest absolute Gasteiger partial charge is 0.331 e. The van der Waals surface area contributed by atoms with E-state index in [2.05, 4.69) is 21.9 Å². The van der Waals surface area contributed by atoms with Crippen LogP contribution in [0.15, 0.2) is 47.6 Å². The van der Waals surface area contributed by atoms with Crippen LogP contribution in [0, 0.1) is 11.3 Å². The van der Waals surface area contributed by atoms with Gasteiger partial charge in [-0.2, -0.15) is 10.4 Å². The average molecular weight is 363 g/mol. The third-order valence-corrected chi connectivity index (χ3v) is 3.87. The predicted molar refractivity (Wildman–Crippen MR) is 99.2 cm³/mol. The van der Waals surface area contributed by atoms with Crippen molar-refractivity contribution in [2.45, 2.75) is 6.92 Å². The number of hydrazone groups is 1. The third kappa shape index (κ3) is 4.93. The number of thiocarbonyl (C=S) groups is 1. The van der Waals surface area contributed by atoms with Crippen molar-refractivity contribution in [1.82, 2.24) is 5.43 Å². The van der Waals surface area contributed by atoms with E-state index in [1.807, 2.05) is 19.1 Å². The Balaban J connectivity index is 1.99. The van der Waals surface area contributed by atoms with Crippen LogP contribution in [0.2, 0.25) is 10.0 Å². The lowest BCUT2D eigenvalue weighted by Gasteiger charge is -2.09. The van der Waals surface area contributed by atoms with Gasteiger partial charge < -0.3 is 5.32 Å². The molecule has 0 radical (unpaired) electrons. The van der Waals surface area contributed by atoms with Gasteiger partial charge in [-0.25, -0.2) is 0 Å². The molecule has 0 aliphatic carbocycles. The topological polar surface area (TPSA) is 60.2 Å². The Labute approximate surface area is 149 Å². The number of rotatable bonds is 3. The monoisotopic (exact) mass is 362 g/mol. The van der Waals surface area contributed by atoms with Crippen LogP contribution in [0.5, 0.6) is 0 Å². The SMILES string of the molecule is C/C(=N/NC(=S)Nc1ccc(Cl)c(Cl)c1)c1ccc(C#N)cc1. The highest BCUT2D eigenvalue weighted by molar-refractivity contribution is 7.80. The molecule has 0 aliphatic rings. The van der Waals surface area contributed by atoms with Crippen molar-refractivity contribution in [1.29, 1.82) is 5.26 Å². The van der Waals surface area contributed by atoms with Gasteiger partial charge in [0.1, 0.15) is 0 Å². The first-order valence-electron chi connectivity index (χ1n) is 6.56. The van der Waals surface area contributed by atoms with Gasteiger partial charge in [-0.05, 0) is 55.0 Å². The highest BCUT2D eigenvalue weighted by atomic mass is 35.5. The molecule has 4 nitrogen and oxygen atoms in total. The molecule has 2 rings (SSSR count). The van der Waals surface area contributed by atoms with Crippen LogP contribution in [-0.4, -0.2) is 10.8 Å². The number of hydrogen-bond donors (Lipinski definition) is 2. The number of anilines is 1. The molecular formula is C16H12Cl2N4S. The van der Waals surface area contributed by atoms with Crippen LogP contribution in [0.1, 0.15) is 18.1 Å². The van der Waals surface area contributed by atoms with Crippen LogP contribution in [-0.2, 0) is 0 Å². The van der Waals surface area contributed by atoms with Gasteiger partial charge in [-0.3, -0.25) is 5.43 Å². The molecule has 116 valence electrons. The van der Waals surface area contributed by atoms with Gasteiger partial charge in [0.2, 0.25) is 0 Å². The van der Waals surface area contributed by atoms with Crippen LogP contribution in [0.3, 0.4) is 0 Å². The van der Waals surface area contributed by atoms with Crippen LogP contribution in [0.4, 0.5) is 5.69 Å². The van der Waals surface area contributed by atoms with E-state index in [-0.39, 0.29) is 0 Å². The molecule has 0 unspecified atom stereocenters. The van der Waals surface area contributed by atoms with E-state index in [0.717, 1.165) is 11.3 Å². The fourth-order valence-electron chi connectivity index (χ4n) is 1.72. The minimum atomic E-state index is 0.330. The minimum absolute atomic E-state index is 0.330. The zero-order valence-corrected chi connectivity index (χ0v) is 14.4. The van der Waals surface area contributed by atoms with E-state index in [1.54, 1.807) is 30.3 Å². The summed E-state index contributed by atoms with van der Waals surface area (Å²) in [5, 5.41) is 17.2. The van der Waals surface area contributed by atoms with Crippen LogP contribution < -0.4 is 10.7 Å². The zero-order valence-electron chi connectivity index (χ0n) is 12.1. The number of hydrogen-bond acceptors (Lipinski definition) is 3. The molecule has 2 N–H and O–H groups in total. The third-order valence-electron chi connectivity index (χ3n) is 2.93. The van der Waals surface area contributed by atoms with Crippen molar-refractivity contribution in [2.75, 3.05) is 5.32 Å². The predicted octanol–water partition coefficient (Wildman–Crippen LogP) is 4.58. The van der Waals surface area contributed by atoms with Crippen LogP contribution >= 0.6 is 35.4 Å². The molecule has 0 amide bonds. The van der Waals surface area contributed by atoms with Crippen molar-refractivity contribution in [3.8, 4) is 6.07 Å². The van der Waals surface area contributed by atoms with Gasteiger partial charge in [0, 0.05) is 5.69 Å². The fraction of sp³-hybridized carbons (Fsp3) is 0.0625. The molecule has 0 aliphatic heterocycles. The second kappa shape index (κ2) is 7.93. The average Bonchev–Trinajstić information content (AvgIpc) is 2.56. The second-order valence-electron chi connectivity index (χ2n) is 4.58. The summed E-state index contributed by atoms with van der Waals surface area (Å²) in [7, 11) is 0. The summed E-state index contributed by atoms with van der Waals surface area (Å²) in [6, 6.07) is 14.3. The Morgan fingerprint density at radius 2 is 1.83 bits per heavy atom. The molecule has 0 spiro atoms. The first-order valence-corrected chi connectivity index (χ1v) is 7.73. The van der Waals surface area contributed by atoms with Crippen molar-refractivity contribution < 1.29 is 0 Å². The maximum absolute atomic E-state index is 8.78. The van der Waals surface area contributed by atoms with E-state index in [4.69, 9.17) is 40.7 Å². The number of nitrogens with zero attached hydrogens (tertiary/aromatic N) is 2. The molecule has 0 saturated carbocycles. The van der Waals surface area contributed by atoms with Gasteiger partial charge >= 0.3 is 0 Å². The molecule has 0 bridgehead atoms. The summed E-state index contributed by atoms with van der Waals surface area (Å²) in [6.07, 6.45) is 0.